The summed E-state index contributed by atoms with van der Waals surface area (Å²) >= 11 is 0. The van der Waals surface area contributed by atoms with Crippen LogP contribution in [0, 0.1) is 5.92 Å². The number of benzene rings is 1. The summed E-state index contributed by atoms with van der Waals surface area (Å²) in [6.45, 7) is 0. The van der Waals surface area contributed by atoms with Crippen LogP contribution in [0.4, 0.5) is 0 Å². The van der Waals surface area contributed by atoms with Crippen molar-refractivity contribution >= 4 is 11.8 Å². The number of hydrogen-bond donors (Lipinski definition) is 0. The molecule has 0 saturated heterocycles. The lowest BCUT2D eigenvalue weighted by Crippen LogP contribution is -2.29. The van der Waals surface area contributed by atoms with E-state index in [0.29, 0.717) is 5.92 Å². The van der Waals surface area contributed by atoms with Crippen molar-refractivity contribution in [2.45, 2.75) is 6.04 Å². The van der Waals surface area contributed by atoms with Crippen LogP contribution in [0.25, 0.3) is 5.57 Å². The minimum atomic E-state index is 0.149. The van der Waals surface area contributed by atoms with Crippen molar-refractivity contribution in [3.63, 3.8) is 0 Å². The Hall–Kier alpha value is -3.19. The summed E-state index contributed by atoms with van der Waals surface area (Å²) in [6.07, 6.45) is 22.2. The molecule has 6 rings (SSSR count). The first-order valence-corrected chi connectivity index (χ1v) is 9.14. The second-order valence-corrected chi connectivity index (χ2v) is 7.20. The first-order valence-electron chi connectivity index (χ1n) is 9.14. The highest BCUT2D eigenvalue weighted by Gasteiger charge is 2.38. The van der Waals surface area contributed by atoms with Gasteiger partial charge in [-0.1, -0.05) is 72.9 Å². The lowest BCUT2D eigenvalue weighted by Gasteiger charge is -2.39. The molecule has 0 spiro atoms. The van der Waals surface area contributed by atoms with Crippen LogP contribution < -0.4 is 0 Å². The molecule has 26 heavy (non-hydrogen) atoms. The Labute approximate surface area is 153 Å². The average molecular weight is 331 g/mol. The van der Waals surface area contributed by atoms with Gasteiger partial charge in [-0.05, 0) is 56.7 Å². The van der Waals surface area contributed by atoms with Gasteiger partial charge in [0, 0.05) is 12.1 Å². The molecule has 0 radical (unpaired) electrons. The van der Waals surface area contributed by atoms with E-state index in [-0.39, 0.29) is 6.04 Å². The van der Waals surface area contributed by atoms with Crippen LogP contribution in [0.3, 0.4) is 0 Å². The van der Waals surface area contributed by atoms with Crippen LogP contribution in [0.15, 0.2) is 123 Å². The topological polar surface area (TPSA) is 12.4 Å². The fourth-order valence-electron chi connectivity index (χ4n) is 4.69. The Balaban J connectivity index is 1.59. The van der Waals surface area contributed by atoms with Gasteiger partial charge in [-0.15, -0.1) is 0 Å². The van der Waals surface area contributed by atoms with Crippen molar-refractivity contribution in [2.24, 2.45) is 10.9 Å². The summed E-state index contributed by atoms with van der Waals surface area (Å²) in [5.74, 6) is 0.328. The number of hydrogen-bond acceptors (Lipinski definition) is 1. The maximum absolute atomic E-state index is 4.76. The van der Waals surface area contributed by atoms with Crippen LogP contribution in [0.5, 0.6) is 0 Å². The highest BCUT2D eigenvalue weighted by atomic mass is 14.8. The largest absolute Gasteiger partial charge is 0.280 e. The summed E-state index contributed by atoms with van der Waals surface area (Å²) in [7, 11) is 0. The van der Waals surface area contributed by atoms with Crippen molar-refractivity contribution in [1.82, 2.24) is 0 Å². The maximum Gasteiger partial charge on any atom is 0.100 e. The van der Waals surface area contributed by atoms with E-state index in [1.807, 2.05) is 12.3 Å². The van der Waals surface area contributed by atoms with Gasteiger partial charge in [0.25, 0.3) is 0 Å². The van der Waals surface area contributed by atoms with Crippen molar-refractivity contribution in [1.29, 1.82) is 0 Å². The van der Waals surface area contributed by atoms with Gasteiger partial charge >= 0.3 is 0 Å². The van der Waals surface area contributed by atoms with Crippen molar-refractivity contribution in [3.8, 4) is 0 Å². The average Bonchev–Trinajstić information content (AvgIpc) is 2.72. The molecule has 122 valence electrons. The van der Waals surface area contributed by atoms with Crippen LogP contribution >= 0.6 is 0 Å². The molecule has 2 unspecified atom stereocenters. The monoisotopic (exact) mass is 331 g/mol. The highest BCUT2D eigenvalue weighted by molar-refractivity contribution is 5.86. The molecule has 1 aromatic carbocycles. The Morgan fingerprint density at radius 2 is 1.73 bits per heavy atom. The molecule has 1 aliphatic heterocycles. The van der Waals surface area contributed by atoms with E-state index in [2.05, 4.69) is 78.9 Å². The fourth-order valence-corrected chi connectivity index (χ4v) is 4.69. The zero-order chi connectivity index (χ0) is 17.1. The molecule has 1 nitrogen and oxygen atoms in total. The molecular weight excluding hydrogens is 314 g/mol. The number of nitrogens with zero attached hydrogens (tertiary/aromatic N) is 1. The number of aliphatic imine (C=N–C) groups is 1. The van der Waals surface area contributed by atoms with Gasteiger partial charge in [-0.3, -0.25) is 4.99 Å². The molecule has 0 N–H and O–H groups in total. The zero-order valence-electron chi connectivity index (χ0n) is 14.3. The van der Waals surface area contributed by atoms with E-state index in [1.54, 1.807) is 0 Å². The normalized spacial score (nSPS) is 27.0. The number of fused-ring (bicyclic) bond motifs is 2. The predicted molar refractivity (Wildman–Crippen MR) is 108 cm³/mol. The van der Waals surface area contributed by atoms with Gasteiger partial charge in [0.2, 0.25) is 0 Å². The van der Waals surface area contributed by atoms with E-state index in [1.165, 1.54) is 44.6 Å². The fraction of sp³-hybridized carbons (Fsp3) is 0.0800. The molecule has 2 atom stereocenters. The SMILES string of the molecule is C1=CC2=CC3=C4C(=CC=C5C=CC(c6ccccc6)=C(C=C3)C54)C2N=C1. The third-order valence-electron chi connectivity index (χ3n) is 5.83. The molecule has 1 heteroatoms. The Morgan fingerprint density at radius 3 is 2.65 bits per heavy atom. The summed E-state index contributed by atoms with van der Waals surface area (Å²) in [5.41, 5.74) is 10.8. The summed E-state index contributed by atoms with van der Waals surface area (Å²) in [6, 6.07) is 10.9. The van der Waals surface area contributed by atoms with Gasteiger partial charge in [0.15, 0.2) is 0 Å². The Kier molecular flexibility index (Phi) is 2.78. The maximum atomic E-state index is 4.76. The van der Waals surface area contributed by atoms with Gasteiger partial charge < -0.3 is 0 Å². The van der Waals surface area contributed by atoms with Crippen LogP contribution in [-0.4, -0.2) is 12.3 Å². The highest BCUT2D eigenvalue weighted by Crippen LogP contribution is 2.51. The molecule has 4 aliphatic carbocycles. The third-order valence-corrected chi connectivity index (χ3v) is 5.83. The van der Waals surface area contributed by atoms with E-state index in [9.17, 15) is 0 Å². The van der Waals surface area contributed by atoms with Gasteiger partial charge in [0.1, 0.15) is 6.04 Å². The van der Waals surface area contributed by atoms with E-state index in [0.717, 1.165) is 0 Å². The van der Waals surface area contributed by atoms with Gasteiger partial charge in [-0.2, -0.15) is 0 Å². The molecule has 0 saturated carbocycles. The minimum Gasteiger partial charge on any atom is -0.280 e. The standard InChI is InChI=1S/C25H17N/c1-2-5-16(6-3-1)20-11-8-17-9-13-22-24-18(10-12-21(20)23(17)24)15-19-7-4-14-26-25(19)22/h1-15,23,25H. The number of dihydropyridines is 1. The zero-order valence-corrected chi connectivity index (χ0v) is 14.3. The second kappa shape index (κ2) is 5.15. The Morgan fingerprint density at radius 1 is 0.808 bits per heavy atom. The van der Waals surface area contributed by atoms with Gasteiger partial charge in [-0.25, -0.2) is 0 Å². The van der Waals surface area contributed by atoms with E-state index < -0.39 is 0 Å². The third kappa shape index (κ3) is 1.83. The number of rotatable bonds is 1. The van der Waals surface area contributed by atoms with Crippen molar-refractivity contribution < 1.29 is 0 Å². The summed E-state index contributed by atoms with van der Waals surface area (Å²) < 4.78 is 0. The molecule has 5 aliphatic rings. The van der Waals surface area contributed by atoms with Crippen molar-refractivity contribution in [3.05, 3.63) is 124 Å². The quantitative estimate of drug-likeness (QED) is 0.661. The smallest absolute Gasteiger partial charge is 0.100 e. The molecule has 0 fully saturated rings. The molecule has 0 aromatic heterocycles. The second-order valence-electron chi connectivity index (χ2n) is 7.20. The lowest BCUT2D eigenvalue weighted by molar-refractivity contribution is 0.786. The molecule has 0 amide bonds. The van der Waals surface area contributed by atoms with Crippen molar-refractivity contribution in [2.75, 3.05) is 0 Å². The van der Waals surface area contributed by atoms with E-state index >= 15 is 0 Å². The van der Waals surface area contributed by atoms with E-state index in [4.69, 9.17) is 4.99 Å². The molecule has 1 aromatic rings. The van der Waals surface area contributed by atoms with Crippen LogP contribution in [0.1, 0.15) is 5.56 Å². The minimum absolute atomic E-state index is 0.149. The molecular formula is C25H17N. The summed E-state index contributed by atoms with van der Waals surface area (Å²) in [4.78, 5) is 4.76. The first kappa shape index (κ1) is 14.0. The van der Waals surface area contributed by atoms with Gasteiger partial charge in [0.05, 0.1) is 0 Å². The molecule has 0 bridgehead atoms. The number of allylic oxidation sites excluding steroid dienone is 12. The molecule has 1 heterocycles. The van der Waals surface area contributed by atoms with Crippen LogP contribution in [0.2, 0.25) is 0 Å². The van der Waals surface area contributed by atoms with Crippen LogP contribution in [-0.2, 0) is 0 Å². The Bertz CT molecular complexity index is 1110. The first-order chi connectivity index (χ1) is 12.9. The summed E-state index contributed by atoms with van der Waals surface area (Å²) in [5, 5.41) is 0. The predicted octanol–water partition coefficient (Wildman–Crippen LogP) is 5.31. The lowest BCUT2D eigenvalue weighted by atomic mass is 9.65.